The molecule has 0 saturated heterocycles. The SMILES string of the molecule is CCC(=N)N=C(N)C(C)=O. The summed E-state index contributed by atoms with van der Waals surface area (Å²) in [7, 11) is 0. The average Bonchev–Trinajstić information content (AvgIpc) is 1.87. The third-order valence-corrected chi connectivity index (χ3v) is 0.951. The number of nitrogens with zero attached hydrogens (tertiary/aromatic N) is 1. The van der Waals surface area contributed by atoms with Crippen molar-refractivity contribution in [1.82, 2.24) is 0 Å². The molecule has 10 heavy (non-hydrogen) atoms. The third-order valence-electron chi connectivity index (χ3n) is 0.951. The zero-order valence-corrected chi connectivity index (χ0v) is 6.14. The number of Topliss-reactive ketones (excluding diaryl/α,β-unsaturated/α-hetero) is 1. The first-order valence-electron chi connectivity index (χ1n) is 3.00. The van der Waals surface area contributed by atoms with Crippen molar-refractivity contribution in [2.75, 3.05) is 0 Å². The Labute approximate surface area is 59.6 Å². The molecule has 0 aliphatic carbocycles. The molecule has 4 heteroatoms. The number of hydrogen-bond acceptors (Lipinski definition) is 2. The van der Waals surface area contributed by atoms with Gasteiger partial charge in [-0.05, 0) is 0 Å². The van der Waals surface area contributed by atoms with E-state index in [1.54, 1.807) is 6.92 Å². The molecule has 0 aromatic heterocycles. The summed E-state index contributed by atoms with van der Waals surface area (Å²) in [6, 6.07) is 0. The summed E-state index contributed by atoms with van der Waals surface area (Å²) in [4.78, 5) is 14.0. The maximum atomic E-state index is 10.4. The van der Waals surface area contributed by atoms with Crippen LogP contribution in [-0.2, 0) is 4.79 Å². The maximum Gasteiger partial charge on any atom is 0.194 e. The van der Waals surface area contributed by atoms with E-state index in [9.17, 15) is 4.79 Å². The van der Waals surface area contributed by atoms with Crippen LogP contribution in [-0.4, -0.2) is 17.5 Å². The van der Waals surface area contributed by atoms with Crippen molar-refractivity contribution < 1.29 is 4.79 Å². The first-order valence-corrected chi connectivity index (χ1v) is 3.00. The van der Waals surface area contributed by atoms with Gasteiger partial charge in [-0.25, -0.2) is 4.99 Å². The van der Waals surface area contributed by atoms with Crippen molar-refractivity contribution >= 4 is 17.5 Å². The first-order chi connectivity index (χ1) is 4.57. The highest BCUT2D eigenvalue weighted by molar-refractivity contribution is 6.38. The number of carbonyl (C=O) groups excluding carboxylic acids is 1. The van der Waals surface area contributed by atoms with Crippen LogP contribution in [0.3, 0.4) is 0 Å². The minimum Gasteiger partial charge on any atom is -0.381 e. The predicted molar refractivity (Wildman–Crippen MR) is 40.3 cm³/mol. The summed E-state index contributed by atoms with van der Waals surface area (Å²) in [6.45, 7) is 3.10. The van der Waals surface area contributed by atoms with Gasteiger partial charge in [0, 0.05) is 13.3 Å². The van der Waals surface area contributed by atoms with Crippen LogP contribution in [0.25, 0.3) is 0 Å². The summed E-state index contributed by atoms with van der Waals surface area (Å²) in [5.74, 6) is -0.252. The maximum absolute atomic E-state index is 10.4. The molecule has 0 aliphatic heterocycles. The third kappa shape index (κ3) is 2.96. The molecule has 0 spiro atoms. The Bertz CT molecular complexity index is 183. The van der Waals surface area contributed by atoms with Crippen molar-refractivity contribution in [3.8, 4) is 0 Å². The van der Waals surface area contributed by atoms with Crippen molar-refractivity contribution in [3.05, 3.63) is 0 Å². The molecule has 0 atom stereocenters. The van der Waals surface area contributed by atoms with Gasteiger partial charge >= 0.3 is 0 Å². The van der Waals surface area contributed by atoms with Crippen molar-refractivity contribution in [2.45, 2.75) is 20.3 Å². The summed E-state index contributed by atoms with van der Waals surface area (Å²) in [5, 5.41) is 7.04. The molecule has 0 rings (SSSR count). The summed E-state index contributed by atoms with van der Waals surface area (Å²) >= 11 is 0. The second kappa shape index (κ2) is 3.76. The Hall–Kier alpha value is -1.19. The van der Waals surface area contributed by atoms with Crippen LogP contribution in [0.2, 0.25) is 0 Å². The van der Waals surface area contributed by atoms with Gasteiger partial charge in [-0.3, -0.25) is 10.2 Å². The molecule has 0 unspecified atom stereocenters. The van der Waals surface area contributed by atoms with Gasteiger partial charge in [-0.1, -0.05) is 6.92 Å². The first kappa shape index (κ1) is 8.81. The van der Waals surface area contributed by atoms with E-state index in [0.29, 0.717) is 6.42 Å². The quantitative estimate of drug-likeness (QED) is 0.429. The number of aliphatic imine (C=N–C) groups is 1. The van der Waals surface area contributed by atoms with Gasteiger partial charge in [0.15, 0.2) is 11.6 Å². The zero-order chi connectivity index (χ0) is 8.15. The van der Waals surface area contributed by atoms with E-state index in [2.05, 4.69) is 4.99 Å². The topological polar surface area (TPSA) is 79.3 Å². The van der Waals surface area contributed by atoms with E-state index < -0.39 is 0 Å². The molecule has 56 valence electrons. The Morgan fingerprint density at radius 3 is 2.50 bits per heavy atom. The van der Waals surface area contributed by atoms with Crippen molar-refractivity contribution in [1.29, 1.82) is 5.41 Å². The summed E-state index contributed by atoms with van der Waals surface area (Å²) in [6.07, 6.45) is 0.494. The smallest absolute Gasteiger partial charge is 0.194 e. The number of nitrogens with two attached hydrogens (primary N) is 1. The molecule has 0 amide bonds. The highest BCUT2D eigenvalue weighted by Gasteiger charge is 1.98. The van der Waals surface area contributed by atoms with Crippen LogP contribution >= 0.6 is 0 Å². The normalized spacial score (nSPS) is 11.2. The highest BCUT2D eigenvalue weighted by Crippen LogP contribution is 1.83. The van der Waals surface area contributed by atoms with Gasteiger partial charge < -0.3 is 5.73 Å². The fraction of sp³-hybridized carbons (Fsp3) is 0.500. The monoisotopic (exact) mass is 141 g/mol. The zero-order valence-electron chi connectivity index (χ0n) is 6.14. The number of carbonyl (C=O) groups is 1. The van der Waals surface area contributed by atoms with E-state index in [1.165, 1.54) is 6.92 Å². The number of amidine groups is 2. The Balaban J connectivity index is 4.16. The lowest BCUT2D eigenvalue weighted by molar-refractivity contribution is -0.111. The van der Waals surface area contributed by atoms with E-state index >= 15 is 0 Å². The molecular weight excluding hydrogens is 130 g/mol. The second-order valence-corrected chi connectivity index (χ2v) is 1.85. The average molecular weight is 141 g/mol. The minimum absolute atomic E-state index is 0.0909. The van der Waals surface area contributed by atoms with Gasteiger partial charge in [0.05, 0.1) is 0 Å². The van der Waals surface area contributed by atoms with Crippen LogP contribution in [0.4, 0.5) is 0 Å². The fourth-order valence-corrected chi connectivity index (χ4v) is 0.303. The molecular formula is C6H11N3O. The van der Waals surface area contributed by atoms with Gasteiger partial charge in [-0.15, -0.1) is 0 Å². The van der Waals surface area contributed by atoms with Gasteiger partial charge in [-0.2, -0.15) is 0 Å². The van der Waals surface area contributed by atoms with E-state index in [1.807, 2.05) is 0 Å². The molecule has 0 heterocycles. The number of ketones is 1. The van der Waals surface area contributed by atoms with Crippen molar-refractivity contribution in [2.24, 2.45) is 10.7 Å². The Morgan fingerprint density at radius 2 is 2.20 bits per heavy atom. The largest absolute Gasteiger partial charge is 0.381 e. The number of rotatable bonds is 2. The lowest BCUT2D eigenvalue weighted by Gasteiger charge is -1.93. The molecule has 4 nitrogen and oxygen atoms in total. The minimum atomic E-state index is -0.293. The lowest BCUT2D eigenvalue weighted by atomic mass is 10.4. The Kier molecular flexibility index (Phi) is 3.32. The van der Waals surface area contributed by atoms with Gasteiger partial charge in [0.2, 0.25) is 0 Å². The highest BCUT2D eigenvalue weighted by atomic mass is 16.1. The molecule has 0 bridgehead atoms. The predicted octanol–water partition coefficient (Wildman–Crippen LogP) is 0.320. The van der Waals surface area contributed by atoms with E-state index in [0.717, 1.165) is 0 Å². The summed E-state index contributed by atoms with van der Waals surface area (Å²) in [5.41, 5.74) is 5.15. The molecule has 0 aliphatic rings. The molecule has 0 fully saturated rings. The molecule has 0 aromatic carbocycles. The van der Waals surface area contributed by atoms with Crippen LogP contribution < -0.4 is 5.73 Å². The standard InChI is InChI=1S/C6H11N3O/c1-3-5(7)9-6(8)4(2)10/h3H2,1-2H3,(H3,7,8,9). The van der Waals surface area contributed by atoms with Crippen LogP contribution in [0, 0.1) is 5.41 Å². The molecule has 0 radical (unpaired) electrons. The van der Waals surface area contributed by atoms with Crippen molar-refractivity contribution in [3.63, 3.8) is 0 Å². The van der Waals surface area contributed by atoms with Gasteiger partial charge in [0.25, 0.3) is 0 Å². The van der Waals surface area contributed by atoms with Crippen LogP contribution in [0.5, 0.6) is 0 Å². The number of nitrogens with one attached hydrogen (secondary N) is 1. The summed E-state index contributed by atoms with van der Waals surface area (Å²) < 4.78 is 0. The number of hydrogen-bond donors (Lipinski definition) is 2. The lowest BCUT2D eigenvalue weighted by Crippen LogP contribution is -2.22. The molecule has 0 saturated carbocycles. The second-order valence-electron chi connectivity index (χ2n) is 1.85. The van der Waals surface area contributed by atoms with Gasteiger partial charge in [0.1, 0.15) is 5.84 Å². The molecule has 0 aromatic rings. The fourth-order valence-electron chi connectivity index (χ4n) is 0.303. The van der Waals surface area contributed by atoms with E-state index in [-0.39, 0.29) is 17.5 Å². The van der Waals surface area contributed by atoms with E-state index in [4.69, 9.17) is 11.1 Å². The van der Waals surface area contributed by atoms with Crippen LogP contribution in [0.15, 0.2) is 4.99 Å². The van der Waals surface area contributed by atoms with Crippen LogP contribution in [0.1, 0.15) is 20.3 Å². The molecule has 3 N–H and O–H groups in total. The Morgan fingerprint density at radius 1 is 1.70 bits per heavy atom.